The first-order chi connectivity index (χ1) is 8.56. The Bertz CT molecular complexity index is 578. The Kier molecular flexibility index (Phi) is 3.62. The lowest BCUT2D eigenvalue weighted by Crippen LogP contribution is -2.01. The third-order valence-electron chi connectivity index (χ3n) is 2.60. The van der Waals surface area contributed by atoms with Crippen molar-refractivity contribution in [3.8, 4) is 0 Å². The minimum absolute atomic E-state index is 0.119. The Morgan fingerprint density at radius 1 is 1.28 bits per heavy atom. The van der Waals surface area contributed by atoms with Gasteiger partial charge < -0.3 is 5.32 Å². The summed E-state index contributed by atoms with van der Waals surface area (Å²) in [5.41, 5.74) is 1.70. The van der Waals surface area contributed by atoms with E-state index in [0.29, 0.717) is 12.2 Å². The number of nitro groups is 1. The monoisotopic (exact) mass is 262 g/mol. The minimum Gasteiger partial charge on any atom is -0.375 e. The van der Waals surface area contributed by atoms with Gasteiger partial charge in [0.1, 0.15) is 5.69 Å². The molecule has 0 bridgehead atoms. The van der Waals surface area contributed by atoms with Crippen LogP contribution in [0.3, 0.4) is 0 Å². The van der Waals surface area contributed by atoms with Crippen molar-refractivity contribution < 1.29 is 4.92 Å². The van der Waals surface area contributed by atoms with Gasteiger partial charge in [-0.15, -0.1) is 11.3 Å². The Morgan fingerprint density at radius 2 is 2.06 bits per heavy atom. The van der Waals surface area contributed by atoms with Gasteiger partial charge in [0.15, 0.2) is 0 Å². The first-order valence-electron chi connectivity index (χ1n) is 5.60. The van der Waals surface area contributed by atoms with Gasteiger partial charge in [0.2, 0.25) is 0 Å². The zero-order valence-corrected chi connectivity index (χ0v) is 11.1. The third-order valence-corrected chi connectivity index (χ3v) is 3.60. The average molecular weight is 262 g/mol. The van der Waals surface area contributed by atoms with Crippen LogP contribution in [-0.2, 0) is 6.54 Å². The zero-order chi connectivity index (χ0) is 13.1. The molecule has 5 heteroatoms. The van der Waals surface area contributed by atoms with E-state index in [1.54, 1.807) is 23.5 Å². The highest BCUT2D eigenvalue weighted by Crippen LogP contribution is 2.26. The van der Waals surface area contributed by atoms with Crippen molar-refractivity contribution in [2.45, 2.75) is 20.4 Å². The second kappa shape index (κ2) is 5.18. The maximum Gasteiger partial charge on any atom is 0.292 e. The molecule has 0 aliphatic carbocycles. The van der Waals surface area contributed by atoms with Crippen molar-refractivity contribution in [3.05, 3.63) is 55.8 Å². The highest BCUT2D eigenvalue weighted by molar-refractivity contribution is 7.11. The standard InChI is InChI=1S/C13H14N2O2S/c1-9-3-6-13(15(16)17)12(7-9)14-8-11-5-4-10(2)18-11/h3-7,14H,8H2,1-2H3. The summed E-state index contributed by atoms with van der Waals surface area (Å²) < 4.78 is 0. The van der Waals surface area contributed by atoms with E-state index in [1.807, 2.05) is 26.0 Å². The molecule has 1 aromatic carbocycles. The number of nitrogens with one attached hydrogen (secondary N) is 1. The first-order valence-corrected chi connectivity index (χ1v) is 6.42. The molecule has 0 aliphatic rings. The number of nitrogens with zero attached hydrogens (tertiary/aromatic N) is 1. The number of thiophene rings is 1. The Labute approximate surface area is 109 Å². The van der Waals surface area contributed by atoms with Crippen molar-refractivity contribution in [2.75, 3.05) is 5.32 Å². The van der Waals surface area contributed by atoms with Gasteiger partial charge >= 0.3 is 0 Å². The molecule has 0 unspecified atom stereocenters. The lowest BCUT2D eigenvalue weighted by atomic mass is 10.2. The van der Waals surface area contributed by atoms with Gasteiger partial charge in [-0.1, -0.05) is 6.07 Å². The molecule has 2 rings (SSSR count). The Hall–Kier alpha value is -1.88. The second-order valence-electron chi connectivity index (χ2n) is 4.14. The summed E-state index contributed by atoms with van der Waals surface area (Å²) >= 11 is 1.69. The summed E-state index contributed by atoms with van der Waals surface area (Å²) in [6.45, 7) is 4.58. The highest BCUT2D eigenvalue weighted by Gasteiger charge is 2.13. The van der Waals surface area contributed by atoms with Crippen LogP contribution in [0.5, 0.6) is 0 Å². The van der Waals surface area contributed by atoms with E-state index >= 15 is 0 Å². The van der Waals surface area contributed by atoms with Gasteiger partial charge in [-0.25, -0.2) is 0 Å². The second-order valence-corrected chi connectivity index (χ2v) is 5.52. The van der Waals surface area contributed by atoms with Crippen LogP contribution >= 0.6 is 11.3 Å². The van der Waals surface area contributed by atoms with Crippen LogP contribution in [0.15, 0.2) is 30.3 Å². The largest absolute Gasteiger partial charge is 0.375 e. The molecule has 0 amide bonds. The molecule has 1 heterocycles. The molecular formula is C13H14N2O2S. The van der Waals surface area contributed by atoms with Crippen LogP contribution in [0.1, 0.15) is 15.3 Å². The number of hydrogen-bond acceptors (Lipinski definition) is 4. The van der Waals surface area contributed by atoms with Crippen LogP contribution in [0.25, 0.3) is 0 Å². The first kappa shape index (κ1) is 12.6. The van der Waals surface area contributed by atoms with Gasteiger partial charge in [-0.05, 0) is 37.6 Å². The smallest absolute Gasteiger partial charge is 0.292 e. The topological polar surface area (TPSA) is 55.2 Å². The Balaban J connectivity index is 2.17. The van der Waals surface area contributed by atoms with Gasteiger partial charge in [0, 0.05) is 22.4 Å². The SMILES string of the molecule is Cc1ccc([N+](=O)[O-])c(NCc2ccc(C)s2)c1. The third kappa shape index (κ3) is 2.87. The summed E-state index contributed by atoms with van der Waals surface area (Å²) in [5, 5.41) is 14.1. The summed E-state index contributed by atoms with van der Waals surface area (Å²) in [5.74, 6) is 0. The summed E-state index contributed by atoms with van der Waals surface area (Å²) in [6.07, 6.45) is 0. The molecule has 0 spiro atoms. The Morgan fingerprint density at radius 3 is 2.67 bits per heavy atom. The molecule has 1 aromatic heterocycles. The zero-order valence-electron chi connectivity index (χ0n) is 10.3. The van der Waals surface area contributed by atoms with Crippen LogP contribution < -0.4 is 5.32 Å². The summed E-state index contributed by atoms with van der Waals surface area (Å²) in [6, 6.07) is 9.18. The predicted molar refractivity (Wildman–Crippen MR) is 74.2 cm³/mol. The molecule has 1 N–H and O–H groups in total. The predicted octanol–water partition coefficient (Wildman–Crippen LogP) is 3.89. The van der Waals surface area contributed by atoms with Crippen molar-refractivity contribution >= 4 is 22.7 Å². The molecule has 4 nitrogen and oxygen atoms in total. The van der Waals surface area contributed by atoms with E-state index in [1.165, 1.54) is 15.8 Å². The number of rotatable bonds is 4. The summed E-state index contributed by atoms with van der Waals surface area (Å²) in [4.78, 5) is 13.0. The molecule has 2 aromatic rings. The molecule has 94 valence electrons. The van der Waals surface area contributed by atoms with Crippen molar-refractivity contribution in [1.82, 2.24) is 0 Å². The molecule has 0 aliphatic heterocycles. The number of anilines is 1. The lowest BCUT2D eigenvalue weighted by Gasteiger charge is -2.06. The highest BCUT2D eigenvalue weighted by atomic mass is 32.1. The van der Waals surface area contributed by atoms with E-state index in [-0.39, 0.29) is 10.6 Å². The van der Waals surface area contributed by atoms with E-state index < -0.39 is 0 Å². The van der Waals surface area contributed by atoms with Crippen molar-refractivity contribution in [1.29, 1.82) is 0 Å². The van der Waals surface area contributed by atoms with E-state index in [0.717, 1.165) is 5.56 Å². The summed E-state index contributed by atoms with van der Waals surface area (Å²) in [7, 11) is 0. The van der Waals surface area contributed by atoms with Gasteiger partial charge in [-0.3, -0.25) is 10.1 Å². The van der Waals surface area contributed by atoms with Crippen molar-refractivity contribution in [2.24, 2.45) is 0 Å². The van der Waals surface area contributed by atoms with Crippen LogP contribution in [-0.4, -0.2) is 4.92 Å². The van der Waals surface area contributed by atoms with Crippen LogP contribution in [0, 0.1) is 24.0 Å². The van der Waals surface area contributed by atoms with E-state index in [2.05, 4.69) is 5.32 Å². The molecule has 0 saturated heterocycles. The number of nitro benzene ring substituents is 1. The van der Waals surface area contributed by atoms with E-state index in [4.69, 9.17) is 0 Å². The van der Waals surface area contributed by atoms with E-state index in [9.17, 15) is 10.1 Å². The molecule has 0 atom stereocenters. The maximum atomic E-state index is 10.9. The number of hydrogen-bond donors (Lipinski definition) is 1. The van der Waals surface area contributed by atoms with Gasteiger partial charge in [0.25, 0.3) is 5.69 Å². The quantitative estimate of drug-likeness (QED) is 0.672. The van der Waals surface area contributed by atoms with Gasteiger partial charge in [-0.2, -0.15) is 0 Å². The molecule has 18 heavy (non-hydrogen) atoms. The fourth-order valence-electron chi connectivity index (χ4n) is 1.71. The maximum absolute atomic E-state index is 10.9. The molecule has 0 saturated carbocycles. The lowest BCUT2D eigenvalue weighted by molar-refractivity contribution is -0.384. The number of benzene rings is 1. The van der Waals surface area contributed by atoms with Crippen LogP contribution in [0.2, 0.25) is 0 Å². The fourth-order valence-corrected chi connectivity index (χ4v) is 2.54. The molecule has 0 fully saturated rings. The fraction of sp³-hybridized carbons (Fsp3) is 0.231. The number of aryl methyl sites for hydroxylation is 2. The minimum atomic E-state index is -0.360. The van der Waals surface area contributed by atoms with Gasteiger partial charge in [0.05, 0.1) is 4.92 Å². The average Bonchev–Trinajstić information content (AvgIpc) is 2.72. The normalized spacial score (nSPS) is 10.3. The van der Waals surface area contributed by atoms with Crippen molar-refractivity contribution in [3.63, 3.8) is 0 Å². The van der Waals surface area contributed by atoms with Crippen LogP contribution in [0.4, 0.5) is 11.4 Å². The molecular weight excluding hydrogens is 248 g/mol. The molecule has 0 radical (unpaired) electrons.